The second kappa shape index (κ2) is 7.86. The van der Waals surface area contributed by atoms with Crippen molar-refractivity contribution >= 4 is 34.7 Å². The molecule has 0 fully saturated rings. The van der Waals surface area contributed by atoms with Crippen molar-refractivity contribution in [1.29, 1.82) is 0 Å². The van der Waals surface area contributed by atoms with E-state index in [1.54, 1.807) is 0 Å². The number of carboxylic acids is 1. The molecule has 0 aliphatic rings. The zero-order chi connectivity index (χ0) is 11.8. The lowest BCUT2D eigenvalue weighted by Gasteiger charge is -2.08. The highest BCUT2D eigenvalue weighted by Gasteiger charge is 2.14. The van der Waals surface area contributed by atoms with Crippen molar-refractivity contribution in [2.24, 2.45) is 16.6 Å². The number of hydrogen-bond donors (Lipinski definition) is 3. The SMILES string of the molecule is CC(C)C(N)=NCCCC(NI)C(=O)O. The van der Waals surface area contributed by atoms with E-state index < -0.39 is 12.0 Å². The Bertz CT molecular complexity index is 231. The van der Waals surface area contributed by atoms with Crippen LogP contribution in [0.3, 0.4) is 0 Å². The number of nitrogens with zero attached hydrogens (tertiary/aromatic N) is 1. The van der Waals surface area contributed by atoms with Crippen LogP contribution in [0.4, 0.5) is 0 Å². The Balaban J connectivity index is 3.79. The van der Waals surface area contributed by atoms with Gasteiger partial charge in [0.2, 0.25) is 0 Å². The second-order valence-corrected chi connectivity index (χ2v) is 4.23. The molecule has 0 aromatic carbocycles. The molecule has 1 atom stereocenters. The van der Waals surface area contributed by atoms with Gasteiger partial charge in [-0.05, 0) is 12.8 Å². The lowest BCUT2D eigenvalue weighted by Crippen LogP contribution is -2.30. The van der Waals surface area contributed by atoms with E-state index in [0.717, 1.165) is 6.42 Å². The van der Waals surface area contributed by atoms with Gasteiger partial charge < -0.3 is 10.8 Å². The predicted octanol–water partition coefficient (Wildman–Crippen LogP) is 1.17. The van der Waals surface area contributed by atoms with Crippen molar-refractivity contribution < 1.29 is 9.90 Å². The van der Waals surface area contributed by atoms with Gasteiger partial charge in [-0.2, -0.15) is 0 Å². The summed E-state index contributed by atoms with van der Waals surface area (Å²) in [7, 11) is 0. The van der Waals surface area contributed by atoms with Crippen molar-refractivity contribution in [1.82, 2.24) is 3.53 Å². The van der Waals surface area contributed by atoms with Gasteiger partial charge >= 0.3 is 5.97 Å². The predicted molar refractivity (Wildman–Crippen MR) is 69.1 cm³/mol. The molecule has 0 amide bonds. The summed E-state index contributed by atoms with van der Waals surface area (Å²) >= 11 is 1.85. The zero-order valence-corrected chi connectivity index (χ0v) is 11.2. The van der Waals surface area contributed by atoms with Crippen LogP contribution in [0, 0.1) is 5.92 Å². The van der Waals surface area contributed by atoms with E-state index in [1.807, 2.05) is 36.7 Å². The summed E-state index contributed by atoms with van der Waals surface area (Å²) in [6.45, 7) is 4.54. The highest BCUT2D eigenvalue weighted by molar-refractivity contribution is 14.1. The molecule has 0 aliphatic carbocycles. The molecule has 0 saturated heterocycles. The summed E-state index contributed by atoms with van der Waals surface area (Å²) in [4.78, 5) is 14.8. The Hall–Kier alpha value is -0.370. The third kappa shape index (κ3) is 6.67. The van der Waals surface area contributed by atoms with Crippen LogP contribution in [0.15, 0.2) is 4.99 Å². The van der Waals surface area contributed by atoms with Gasteiger partial charge in [-0.15, -0.1) is 0 Å². The Labute approximate surface area is 104 Å². The van der Waals surface area contributed by atoms with Gasteiger partial charge in [0.15, 0.2) is 0 Å². The quantitative estimate of drug-likeness (QED) is 0.215. The van der Waals surface area contributed by atoms with Gasteiger partial charge in [0.1, 0.15) is 6.04 Å². The van der Waals surface area contributed by atoms with Gasteiger partial charge in [0.05, 0.1) is 5.84 Å². The molecule has 0 aromatic rings. The van der Waals surface area contributed by atoms with Crippen LogP contribution in [0.5, 0.6) is 0 Å². The lowest BCUT2D eigenvalue weighted by atomic mass is 10.1. The Morgan fingerprint density at radius 1 is 1.60 bits per heavy atom. The van der Waals surface area contributed by atoms with E-state index in [0.29, 0.717) is 18.8 Å². The first-order chi connectivity index (χ1) is 6.99. The topological polar surface area (TPSA) is 87.7 Å². The number of carbonyl (C=O) groups is 1. The van der Waals surface area contributed by atoms with Gasteiger partial charge in [0, 0.05) is 35.3 Å². The summed E-state index contributed by atoms with van der Waals surface area (Å²) in [6, 6.07) is -0.499. The molecule has 6 heteroatoms. The molecule has 15 heavy (non-hydrogen) atoms. The van der Waals surface area contributed by atoms with Crippen LogP contribution in [0.1, 0.15) is 26.7 Å². The summed E-state index contributed by atoms with van der Waals surface area (Å²) in [5.41, 5.74) is 5.64. The fourth-order valence-electron chi connectivity index (χ4n) is 0.911. The number of rotatable bonds is 7. The monoisotopic (exact) mass is 327 g/mol. The molecule has 88 valence electrons. The van der Waals surface area contributed by atoms with Gasteiger partial charge in [-0.1, -0.05) is 13.8 Å². The Kier molecular flexibility index (Phi) is 7.67. The first-order valence-corrected chi connectivity index (χ1v) is 5.95. The van der Waals surface area contributed by atoms with E-state index in [2.05, 4.69) is 8.52 Å². The highest BCUT2D eigenvalue weighted by Crippen LogP contribution is 2.01. The number of hydrogen-bond acceptors (Lipinski definition) is 3. The van der Waals surface area contributed by atoms with Crippen LogP contribution >= 0.6 is 22.9 Å². The zero-order valence-electron chi connectivity index (χ0n) is 9.03. The number of aliphatic imine (C=N–C) groups is 1. The Morgan fingerprint density at radius 3 is 2.60 bits per heavy atom. The normalized spacial score (nSPS) is 14.3. The second-order valence-electron chi connectivity index (χ2n) is 3.60. The van der Waals surface area contributed by atoms with Gasteiger partial charge in [-0.25, -0.2) is 3.53 Å². The number of halogens is 1. The Morgan fingerprint density at radius 2 is 2.20 bits per heavy atom. The van der Waals surface area contributed by atoms with Crippen molar-refractivity contribution in [2.45, 2.75) is 32.7 Å². The maximum absolute atomic E-state index is 10.6. The molecular weight excluding hydrogens is 309 g/mol. The molecule has 0 spiro atoms. The van der Waals surface area contributed by atoms with Gasteiger partial charge in [0.25, 0.3) is 0 Å². The molecule has 0 radical (unpaired) electrons. The van der Waals surface area contributed by atoms with E-state index in [9.17, 15) is 4.79 Å². The largest absolute Gasteiger partial charge is 0.480 e. The molecular formula is C9H18IN3O2. The van der Waals surface area contributed by atoms with E-state index in [4.69, 9.17) is 10.8 Å². The van der Waals surface area contributed by atoms with Crippen LogP contribution in [-0.4, -0.2) is 29.5 Å². The minimum atomic E-state index is -0.829. The lowest BCUT2D eigenvalue weighted by molar-refractivity contribution is -0.138. The molecule has 0 aliphatic heterocycles. The molecule has 1 unspecified atom stereocenters. The third-order valence-corrected chi connectivity index (χ3v) is 2.72. The van der Waals surface area contributed by atoms with Crippen molar-refractivity contribution in [3.8, 4) is 0 Å². The molecule has 4 N–H and O–H groups in total. The molecule has 0 bridgehead atoms. The van der Waals surface area contributed by atoms with Crippen LogP contribution in [0.2, 0.25) is 0 Å². The van der Waals surface area contributed by atoms with Crippen LogP contribution in [0.25, 0.3) is 0 Å². The van der Waals surface area contributed by atoms with Gasteiger partial charge in [-0.3, -0.25) is 9.79 Å². The van der Waals surface area contributed by atoms with E-state index >= 15 is 0 Å². The number of nitrogens with one attached hydrogen (secondary N) is 1. The van der Waals surface area contributed by atoms with Crippen LogP contribution < -0.4 is 9.26 Å². The average molecular weight is 327 g/mol. The summed E-state index contributed by atoms with van der Waals surface area (Å²) in [5.74, 6) is 0.0532. The summed E-state index contributed by atoms with van der Waals surface area (Å²) < 4.78 is 2.70. The first kappa shape index (κ1) is 14.6. The van der Waals surface area contributed by atoms with Crippen molar-refractivity contribution in [3.63, 3.8) is 0 Å². The number of amidine groups is 1. The summed E-state index contributed by atoms with van der Waals surface area (Å²) in [5, 5.41) is 8.74. The number of nitrogens with two attached hydrogens (primary N) is 1. The molecule has 0 rings (SSSR count). The summed E-state index contributed by atoms with van der Waals surface area (Å²) in [6.07, 6.45) is 1.29. The fourth-order valence-corrected chi connectivity index (χ4v) is 1.49. The third-order valence-electron chi connectivity index (χ3n) is 1.97. The fraction of sp³-hybridized carbons (Fsp3) is 0.778. The highest BCUT2D eigenvalue weighted by atomic mass is 127. The maximum atomic E-state index is 10.6. The van der Waals surface area contributed by atoms with E-state index in [1.165, 1.54) is 0 Å². The van der Waals surface area contributed by atoms with Crippen molar-refractivity contribution in [3.05, 3.63) is 0 Å². The first-order valence-electron chi connectivity index (χ1n) is 4.87. The minimum Gasteiger partial charge on any atom is -0.480 e. The molecule has 0 saturated carbocycles. The van der Waals surface area contributed by atoms with Crippen LogP contribution in [-0.2, 0) is 4.79 Å². The maximum Gasteiger partial charge on any atom is 0.321 e. The number of aliphatic carboxylic acids is 1. The van der Waals surface area contributed by atoms with Crippen molar-refractivity contribution in [2.75, 3.05) is 6.54 Å². The van der Waals surface area contributed by atoms with E-state index in [-0.39, 0.29) is 5.92 Å². The minimum absolute atomic E-state index is 0.253. The smallest absolute Gasteiger partial charge is 0.321 e. The standard InChI is InChI=1S/C9H18IN3O2/c1-6(2)8(11)12-5-3-4-7(13-10)9(14)15/h6-7,13H,3-5H2,1-2H3,(H2,11,12)(H,14,15). The molecule has 0 heterocycles. The average Bonchev–Trinajstić information content (AvgIpc) is 2.16. The molecule has 5 nitrogen and oxygen atoms in total. The number of carboxylic acid groups (broad SMARTS) is 1. The molecule has 0 aromatic heterocycles.